The predicted octanol–water partition coefficient (Wildman–Crippen LogP) is 2.20. The van der Waals surface area contributed by atoms with E-state index in [1.165, 1.54) is 0 Å². The summed E-state index contributed by atoms with van der Waals surface area (Å²) in [6.07, 6.45) is 1.63. The predicted molar refractivity (Wildman–Crippen MR) is 74.0 cm³/mol. The van der Waals surface area contributed by atoms with Gasteiger partial charge in [-0.25, -0.2) is 0 Å². The van der Waals surface area contributed by atoms with E-state index in [-0.39, 0.29) is 11.9 Å². The van der Waals surface area contributed by atoms with Gasteiger partial charge >= 0.3 is 0 Å². The maximum absolute atomic E-state index is 11.8. The number of amides is 1. The number of hydrogen-bond donors (Lipinski definition) is 2. The number of halogens is 1. The van der Waals surface area contributed by atoms with Gasteiger partial charge in [0.25, 0.3) is 5.91 Å². The van der Waals surface area contributed by atoms with E-state index in [1.54, 1.807) is 30.5 Å². The molecule has 0 radical (unpaired) electrons. The Morgan fingerprint density at radius 3 is 2.74 bits per heavy atom. The van der Waals surface area contributed by atoms with E-state index in [0.717, 1.165) is 11.4 Å². The number of furan rings is 1. The Labute approximate surface area is 116 Å². The first-order valence-electron chi connectivity index (χ1n) is 6.07. The minimum absolute atomic E-state index is 0.0549. The van der Waals surface area contributed by atoms with Crippen molar-refractivity contribution in [2.45, 2.75) is 13.0 Å². The molecule has 2 rings (SSSR count). The van der Waals surface area contributed by atoms with Crippen LogP contribution in [-0.2, 0) is 4.79 Å². The first kappa shape index (κ1) is 13.6. The van der Waals surface area contributed by atoms with Gasteiger partial charge in [0.1, 0.15) is 6.04 Å². The smallest absolute Gasteiger partial charge is 0.279 e. The fourth-order valence-corrected chi connectivity index (χ4v) is 1.82. The molecule has 0 aliphatic rings. The van der Waals surface area contributed by atoms with Crippen LogP contribution in [0.1, 0.15) is 18.7 Å². The molecule has 1 atom stereocenters. The molecule has 0 spiro atoms. The maximum atomic E-state index is 11.8. The summed E-state index contributed by atoms with van der Waals surface area (Å²) in [6, 6.07) is 10.9. The lowest BCUT2D eigenvalue weighted by molar-refractivity contribution is -0.684. The molecule has 19 heavy (non-hydrogen) atoms. The second kappa shape index (κ2) is 6.41. The van der Waals surface area contributed by atoms with Crippen molar-refractivity contribution in [3.05, 3.63) is 53.4 Å². The van der Waals surface area contributed by atoms with Gasteiger partial charge in [0.15, 0.2) is 12.3 Å². The maximum Gasteiger partial charge on any atom is 0.279 e. The highest BCUT2D eigenvalue weighted by molar-refractivity contribution is 6.30. The molecule has 1 aromatic carbocycles. The van der Waals surface area contributed by atoms with E-state index in [4.69, 9.17) is 16.0 Å². The van der Waals surface area contributed by atoms with Gasteiger partial charge in [-0.1, -0.05) is 11.6 Å². The summed E-state index contributed by atoms with van der Waals surface area (Å²) >= 11 is 5.78. The van der Waals surface area contributed by atoms with Crippen molar-refractivity contribution in [3.8, 4) is 0 Å². The van der Waals surface area contributed by atoms with Crippen molar-refractivity contribution < 1.29 is 14.5 Å². The Kier molecular flexibility index (Phi) is 4.60. The minimum Gasteiger partial charge on any atom is -0.463 e. The number of benzene rings is 1. The van der Waals surface area contributed by atoms with Crippen LogP contribution in [-0.4, -0.2) is 12.5 Å². The van der Waals surface area contributed by atoms with Gasteiger partial charge in [-0.05, 0) is 43.3 Å². The second-order valence-electron chi connectivity index (χ2n) is 4.30. The van der Waals surface area contributed by atoms with E-state index in [1.807, 2.05) is 24.4 Å². The lowest BCUT2D eigenvalue weighted by Crippen LogP contribution is -2.86. The molecule has 0 saturated heterocycles. The first-order valence-corrected chi connectivity index (χ1v) is 6.45. The molecule has 0 bridgehead atoms. The summed E-state index contributed by atoms with van der Waals surface area (Å²) in [4.78, 5) is 11.8. The summed E-state index contributed by atoms with van der Waals surface area (Å²) in [5.74, 6) is 0.806. The zero-order valence-corrected chi connectivity index (χ0v) is 11.4. The van der Waals surface area contributed by atoms with Crippen LogP contribution >= 0.6 is 11.6 Å². The van der Waals surface area contributed by atoms with Crippen LogP contribution < -0.4 is 10.6 Å². The van der Waals surface area contributed by atoms with Crippen molar-refractivity contribution in [2.24, 2.45) is 0 Å². The molecule has 0 fully saturated rings. The molecular weight excluding hydrogens is 264 g/mol. The van der Waals surface area contributed by atoms with E-state index >= 15 is 0 Å². The quantitative estimate of drug-likeness (QED) is 0.881. The Morgan fingerprint density at radius 2 is 2.11 bits per heavy atom. The molecule has 5 heteroatoms. The van der Waals surface area contributed by atoms with Crippen LogP contribution in [0, 0.1) is 0 Å². The number of carbonyl (C=O) groups is 1. The molecular formula is C14H16ClN2O2+. The highest BCUT2D eigenvalue weighted by atomic mass is 35.5. The summed E-state index contributed by atoms with van der Waals surface area (Å²) in [5, 5.41) is 5.38. The number of nitrogens with two attached hydrogens (primary N) is 1. The zero-order valence-electron chi connectivity index (χ0n) is 10.6. The summed E-state index contributed by atoms with van der Waals surface area (Å²) < 4.78 is 5.28. The van der Waals surface area contributed by atoms with Gasteiger partial charge in [-0.2, -0.15) is 0 Å². The van der Waals surface area contributed by atoms with Gasteiger partial charge in [-0.3, -0.25) is 4.79 Å². The van der Waals surface area contributed by atoms with E-state index < -0.39 is 0 Å². The average Bonchev–Trinajstić information content (AvgIpc) is 2.93. The van der Waals surface area contributed by atoms with Crippen molar-refractivity contribution in [1.82, 2.24) is 0 Å². The largest absolute Gasteiger partial charge is 0.463 e. The van der Waals surface area contributed by atoms with Crippen molar-refractivity contribution >= 4 is 23.2 Å². The lowest BCUT2D eigenvalue weighted by atomic mass is 10.2. The standard InChI is InChI=1S/C14H15ClN2O2/c1-10(13-3-2-8-19-13)16-9-14(18)17-12-6-4-11(15)5-7-12/h2-8,10,16H,9H2,1H3,(H,17,18)/p+1/t10-/m1/s1. The van der Waals surface area contributed by atoms with Crippen molar-refractivity contribution in [3.63, 3.8) is 0 Å². The fourth-order valence-electron chi connectivity index (χ4n) is 1.70. The highest BCUT2D eigenvalue weighted by Crippen LogP contribution is 2.13. The number of anilines is 1. The third-order valence-electron chi connectivity index (χ3n) is 2.78. The zero-order chi connectivity index (χ0) is 13.7. The molecule has 100 valence electrons. The molecule has 1 aromatic heterocycles. The van der Waals surface area contributed by atoms with Crippen LogP contribution in [0.25, 0.3) is 0 Å². The molecule has 1 heterocycles. The van der Waals surface area contributed by atoms with E-state index in [0.29, 0.717) is 11.6 Å². The van der Waals surface area contributed by atoms with E-state index in [9.17, 15) is 4.79 Å². The van der Waals surface area contributed by atoms with Gasteiger partial charge in [0.05, 0.1) is 6.26 Å². The Hall–Kier alpha value is -1.78. The van der Waals surface area contributed by atoms with Crippen molar-refractivity contribution in [2.75, 3.05) is 11.9 Å². The van der Waals surface area contributed by atoms with Crippen LogP contribution in [0.4, 0.5) is 5.69 Å². The first-order chi connectivity index (χ1) is 9.15. The Bertz CT molecular complexity index is 523. The topological polar surface area (TPSA) is 58.9 Å². The molecule has 3 N–H and O–H groups in total. The Balaban J connectivity index is 1.80. The fraction of sp³-hybridized carbons (Fsp3) is 0.214. The van der Waals surface area contributed by atoms with Gasteiger partial charge in [0.2, 0.25) is 0 Å². The van der Waals surface area contributed by atoms with Crippen LogP contribution in [0.5, 0.6) is 0 Å². The minimum atomic E-state index is -0.0549. The molecule has 2 aromatic rings. The molecule has 4 nitrogen and oxygen atoms in total. The molecule has 0 saturated carbocycles. The third kappa shape index (κ3) is 4.12. The lowest BCUT2D eigenvalue weighted by Gasteiger charge is -2.08. The third-order valence-corrected chi connectivity index (χ3v) is 3.03. The van der Waals surface area contributed by atoms with Crippen LogP contribution in [0.3, 0.4) is 0 Å². The number of quaternary nitrogens is 1. The summed E-state index contributed by atoms with van der Waals surface area (Å²) in [5.41, 5.74) is 0.744. The number of nitrogens with one attached hydrogen (secondary N) is 1. The van der Waals surface area contributed by atoms with Crippen molar-refractivity contribution in [1.29, 1.82) is 0 Å². The molecule has 0 aliphatic carbocycles. The van der Waals surface area contributed by atoms with Crippen LogP contribution in [0.15, 0.2) is 47.1 Å². The monoisotopic (exact) mass is 279 g/mol. The molecule has 0 unspecified atom stereocenters. The second-order valence-corrected chi connectivity index (χ2v) is 4.74. The molecule has 0 aliphatic heterocycles. The number of hydrogen-bond acceptors (Lipinski definition) is 2. The van der Waals surface area contributed by atoms with Gasteiger partial charge in [-0.15, -0.1) is 0 Å². The summed E-state index contributed by atoms with van der Waals surface area (Å²) in [7, 11) is 0. The van der Waals surface area contributed by atoms with Gasteiger partial charge < -0.3 is 15.1 Å². The Morgan fingerprint density at radius 1 is 1.37 bits per heavy atom. The van der Waals surface area contributed by atoms with Gasteiger partial charge in [0, 0.05) is 10.7 Å². The average molecular weight is 280 g/mol. The molecule has 1 amide bonds. The number of rotatable bonds is 5. The number of carbonyl (C=O) groups excluding carboxylic acids is 1. The normalized spacial score (nSPS) is 12.1. The SMILES string of the molecule is C[C@@H]([NH2+]CC(=O)Nc1ccc(Cl)cc1)c1ccco1. The van der Waals surface area contributed by atoms with Crippen LogP contribution in [0.2, 0.25) is 5.02 Å². The van der Waals surface area contributed by atoms with E-state index in [2.05, 4.69) is 5.32 Å². The summed E-state index contributed by atoms with van der Waals surface area (Å²) in [6.45, 7) is 2.33. The highest BCUT2D eigenvalue weighted by Gasteiger charge is 2.13.